The number of nitrogens with zero attached hydrogens (tertiary/aromatic N) is 1. The Morgan fingerprint density at radius 2 is 1.59 bits per heavy atom. The van der Waals surface area contributed by atoms with Crippen LogP contribution in [0.25, 0.3) is 0 Å². The highest BCUT2D eigenvalue weighted by atomic mass is 19.4. The molecule has 7 heteroatoms. The molecule has 2 rings (SSSR count). The van der Waals surface area contributed by atoms with Gasteiger partial charge in [-0.2, -0.15) is 13.2 Å². The number of rotatable bonds is 7. The zero-order valence-electron chi connectivity index (χ0n) is 15.4. The Kier molecular flexibility index (Phi) is 7.67. The van der Waals surface area contributed by atoms with E-state index in [1.165, 1.54) is 11.1 Å². The highest BCUT2D eigenvalue weighted by Gasteiger charge is 2.27. The van der Waals surface area contributed by atoms with Gasteiger partial charge >= 0.3 is 6.18 Å². The zero-order chi connectivity index (χ0) is 19.7. The number of halogens is 3. The van der Waals surface area contributed by atoms with Crippen LogP contribution in [0.1, 0.15) is 22.3 Å². The van der Waals surface area contributed by atoms with Crippen LogP contribution in [0.2, 0.25) is 0 Å². The van der Waals surface area contributed by atoms with E-state index in [0.717, 1.165) is 5.56 Å². The van der Waals surface area contributed by atoms with Gasteiger partial charge in [0, 0.05) is 20.1 Å². The summed E-state index contributed by atoms with van der Waals surface area (Å²) in [5.41, 5.74) is 4.10. The first-order valence-electron chi connectivity index (χ1n) is 8.59. The number of alkyl halides is 3. The molecule has 0 heterocycles. The van der Waals surface area contributed by atoms with E-state index in [1.807, 2.05) is 24.3 Å². The second-order valence-corrected chi connectivity index (χ2v) is 6.13. The average Bonchev–Trinajstić information content (AvgIpc) is 2.63. The molecule has 0 amide bonds. The minimum atomic E-state index is -4.30. The minimum Gasteiger partial charge on any atom is -0.367 e. The molecule has 27 heavy (non-hydrogen) atoms. The van der Waals surface area contributed by atoms with Gasteiger partial charge in [0.25, 0.3) is 0 Å². The van der Waals surface area contributed by atoms with Gasteiger partial charge in [0.1, 0.15) is 6.61 Å². The molecule has 0 aromatic heterocycles. The number of guanidine groups is 1. The number of aliphatic imine (C=N–C) groups is 1. The van der Waals surface area contributed by atoms with Crippen molar-refractivity contribution in [3.63, 3.8) is 0 Å². The molecule has 0 saturated carbocycles. The number of benzene rings is 2. The molecule has 4 nitrogen and oxygen atoms in total. The van der Waals surface area contributed by atoms with Crippen LogP contribution in [-0.2, 0) is 24.4 Å². The van der Waals surface area contributed by atoms with Gasteiger partial charge in [-0.05, 0) is 29.2 Å². The Hall–Kier alpha value is -2.54. The van der Waals surface area contributed by atoms with Crippen molar-refractivity contribution in [2.75, 3.05) is 13.7 Å². The molecular weight excluding hydrogens is 355 g/mol. The van der Waals surface area contributed by atoms with Crippen LogP contribution < -0.4 is 10.6 Å². The highest BCUT2D eigenvalue weighted by Crippen LogP contribution is 2.15. The number of hydrogen-bond acceptors (Lipinski definition) is 2. The summed E-state index contributed by atoms with van der Waals surface area (Å²) >= 11 is 0. The molecule has 0 saturated heterocycles. The van der Waals surface area contributed by atoms with Crippen molar-refractivity contribution in [3.05, 3.63) is 70.8 Å². The van der Waals surface area contributed by atoms with Crippen LogP contribution >= 0.6 is 0 Å². The summed E-state index contributed by atoms with van der Waals surface area (Å²) in [5.74, 6) is 0.677. The summed E-state index contributed by atoms with van der Waals surface area (Å²) < 4.78 is 40.9. The Balaban J connectivity index is 1.78. The second kappa shape index (κ2) is 9.97. The quantitative estimate of drug-likeness (QED) is 0.566. The van der Waals surface area contributed by atoms with Gasteiger partial charge in [0.15, 0.2) is 5.96 Å². The van der Waals surface area contributed by atoms with Gasteiger partial charge in [0.05, 0.1) is 6.61 Å². The highest BCUT2D eigenvalue weighted by molar-refractivity contribution is 5.79. The van der Waals surface area contributed by atoms with E-state index in [4.69, 9.17) is 0 Å². The van der Waals surface area contributed by atoms with Crippen molar-refractivity contribution in [3.8, 4) is 0 Å². The molecule has 0 bridgehead atoms. The standard InChI is InChI=1S/C20H24F3N3O/c1-15-5-3-4-6-18(15)12-26-19(24-2)25-11-16-7-9-17(10-8-16)13-27-14-20(21,22)23/h3-10H,11-14H2,1-2H3,(H2,24,25,26). The summed E-state index contributed by atoms with van der Waals surface area (Å²) in [5, 5.41) is 6.48. The normalized spacial score (nSPS) is 12.1. The van der Waals surface area contributed by atoms with Gasteiger partial charge in [-0.1, -0.05) is 48.5 Å². The van der Waals surface area contributed by atoms with Crippen LogP contribution in [-0.4, -0.2) is 25.8 Å². The van der Waals surface area contributed by atoms with E-state index < -0.39 is 12.8 Å². The van der Waals surface area contributed by atoms with E-state index in [2.05, 4.69) is 39.4 Å². The van der Waals surface area contributed by atoms with Gasteiger partial charge in [-0.15, -0.1) is 0 Å². The maximum absolute atomic E-state index is 12.1. The number of nitrogens with one attached hydrogen (secondary N) is 2. The summed E-state index contributed by atoms with van der Waals surface area (Å²) in [6.45, 7) is 1.98. The molecule has 0 atom stereocenters. The van der Waals surface area contributed by atoms with Crippen LogP contribution in [0.15, 0.2) is 53.5 Å². The molecule has 0 aliphatic rings. The van der Waals surface area contributed by atoms with E-state index in [1.54, 1.807) is 19.2 Å². The summed E-state index contributed by atoms with van der Waals surface area (Å²) in [7, 11) is 1.70. The largest absolute Gasteiger partial charge is 0.411 e. The number of ether oxygens (including phenoxy) is 1. The fraction of sp³-hybridized carbons (Fsp3) is 0.350. The van der Waals surface area contributed by atoms with Crippen molar-refractivity contribution < 1.29 is 17.9 Å². The van der Waals surface area contributed by atoms with E-state index >= 15 is 0 Å². The molecule has 0 radical (unpaired) electrons. The van der Waals surface area contributed by atoms with Crippen LogP contribution in [0.3, 0.4) is 0 Å². The summed E-state index contributed by atoms with van der Waals surface area (Å²) in [4.78, 5) is 4.20. The second-order valence-electron chi connectivity index (χ2n) is 6.13. The first-order valence-corrected chi connectivity index (χ1v) is 8.59. The van der Waals surface area contributed by atoms with E-state index in [9.17, 15) is 13.2 Å². The average molecular weight is 379 g/mol. The molecule has 0 aliphatic heterocycles. The van der Waals surface area contributed by atoms with Crippen LogP contribution in [0.4, 0.5) is 13.2 Å². The van der Waals surface area contributed by atoms with Gasteiger partial charge in [-0.3, -0.25) is 4.99 Å². The lowest BCUT2D eigenvalue weighted by Crippen LogP contribution is -2.36. The van der Waals surface area contributed by atoms with Gasteiger partial charge in [-0.25, -0.2) is 0 Å². The molecular formula is C20H24F3N3O. The zero-order valence-corrected chi connectivity index (χ0v) is 15.4. The Labute approximate surface area is 157 Å². The van der Waals surface area contributed by atoms with Crippen molar-refractivity contribution in [1.82, 2.24) is 10.6 Å². The van der Waals surface area contributed by atoms with Crippen molar-refractivity contribution in [2.24, 2.45) is 4.99 Å². The lowest BCUT2D eigenvalue weighted by Gasteiger charge is -2.13. The lowest BCUT2D eigenvalue weighted by atomic mass is 10.1. The fourth-order valence-electron chi connectivity index (χ4n) is 2.43. The summed E-state index contributed by atoms with van der Waals surface area (Å²) in [6.07, 6.45) is -4.30. The number of hydrogen-bond donors (Lipinski definition) is 2. The summed E-state index contributed by atoms with van der Waals surface area (Å²) in [6, 6.07) is 15.4. The van der Waals surface area contributed by atoms with Crippen molar-refractivity contribution >= 4 is 5.96 Å². The van der Waals surface area contributed by atoms with Gasteiger partial charge < -0.3 is 15.4 Å². The molecule has 2 aromatic rings. The molecule has 0 aliphatic carbocycles. The maximum atomic E-state index is 12.1. The van der Waals surface area contributed by atoms with E-state index in [0.29, 0.717) is 24.6 Å². The molecule has 0 spiro atoms. The Morgan fingerprint density at radius 1 is 0.963 bits per heavy atom. The molecule has 146 valence electrons. The molecule has 2 N–H and O–H groups in total. The Bertz CT molecular complexity index is 743. The monoisotopic (exact) mass is 379 g/mol. The predicted octanol–water partition coefficient (Wildman–Crippen LogP) is 3.94. The molecule has 2 aromatic carbocycles. The van der Waals surface area contributed by atoms with Crippen molar-refractivity contribution in [1.29, 1.82) is 0 Å². The van der Waals surface area contributed by atoms with E-state index in [-0.39, 0.29) is 6.61 Å². The first-order chi connectivity index (χ1) is 12.9. The SMILES string of the molecule is CN=C(NCc1ccc(COCC(F)(F)F)cc1)NCc1ccccc1C. The van der Waals surface area contributed by atoms with Crippen molar-refractivity contribution in [2.45, 2.75) is 32.8 Å². The minimum absolute atomic E-state index is 0.0626. The maximum Gasteiger partial charge on any atom is 0.411 e. The number of aryl methyl sites for hydroxylation is 1. The smallest absolute Gasteiger partial charge is 0.367 e. The fourth-order valence-corrected chi connectivity index (χ4v) is 2.43. The van der Waals surface area contributed by atoms with Crippen LogP contribution in [0.5, 0.6) is 0 Å². The first kappa shape index (κ1) is 20.8. The third-order valence-electron chi connectivity index (χ3n) is 3.95. The molecule has 0 unspecified atom stereocenters. The predicted molar refractivity (Wildman–Crippen MR) is 100 cm³/mol. The van der Waals surface area contributed by atoms with Crippen LogP contribution in [0, 0.1) is 6.92 Å². The topological polar surface area (TPSA) is 45.7 Å². The third-order valence-corrected chi connectivity index (χ3v) is 3.95. The van der Waals surface area contributed by atoms with Gasteiger partial charge in [0.2, 0.25) is 0 Å². The lowest BCUT2D eigenvalue weighted by molar-refractivity contribution is -0.176. The third kappa shape index (κ3) is 7.70. The molecule has 0 fully saturated rings. The Morgan fingerprint density at radius 3 is 2.22 bits per heavy atom.